The maximum absolute atomic E-state index is 2.10. The monoisotopic (exact) mass is 77.0 g/mol. The van der Waals surface area contributed by atoms with Crippen molar-refractivity contribution in [1.82, 2.24) is 0 Å². The van der Waals surface area contributed by atoms with Gasteiger partial charge in [-0.25, -0.2) is 0 Å². The van der Waals surface area contributed by atoms with Gasteiger partial charge in [0.2, 0.25) is 0 Å². The van der Waals surface area contributed by atoms with Crippen LogP contribution in [0.15, 0.2) is 11.9 Å². The second-order valence-electron chi connectivity index (χ2n) is 0.640. The van der Waals surface area contributed by atoms with Gasteiger partial charge >= 0.3 is 0 Å². The zero-order chi connectivity index (χ0) is 2.83. The van der Waals surface area contributed by atoms with Gasteiger partial charge in [-0.2, -0.15) is 0 Å². The van der Waals surface area contributed by atoms with Crippen LogP contribution in [0.25, 0.3) is 0 Å². The van der Waals surface area contributed by atoms with E-state index < -0.39 is 0 Å². The van der Waals surface area contributed by atoms with Crippen LogP contribution < -0.4 is 0 Å². The van der Waals surface area contributed by atoms with Crippen LogP contribution in [-0.2, 0) is 0 Å². The van der Waals surface area contributed by atoms with Gasteiger partial charge < -0.3 is 0 Å². The zero-order valence-electron chi connectivity index (χ0n) is 3.18. The van der Waals surface area contributed by atoms with Gasteiger partial charge in [-0.15, -0.1) is 0 Å². The summed E-state index contributed by atoms with van der Waals surface area (Å²) < 4.78 is 0. The molecule has 1 aliphatic heterocycles. The van der Waals surface area contributed by atoms with Gasteiger partial charge in [0.25, 0.3) is 0 Å². The van der Waals surface area contributed by atoms with E-state index in [9.17, 15) is 0 Å². The van der Waals surface area contributed by atoms with Crippen LogP contribution in [0, 0.1) is 0 Å². The smallest absolute Gasteiger partial charge is 0 e. The Bertz CT molecular complexity index is 47.3. The molecule has 1 aliphatic rings. The molecule has 0 nitrogen and oxygen atoms in total. The fourth-order valence-corrected chi connectivity index (χ4v) is 0.258. The Labute approximate surface area is 45.2 Å². The molecule has 0 spiro atoms. The van der Waals surface area contributed by atoms with E-state index in [4.69, 9.17) is 0 Å². The van der Waals surface area contributed by atoms with Crippen molar-refractivity contribution < 1.29 is 0 Å². The van der Waals surface area contributed by atoms with Crippen molar-refractivity contribution in [1.29, 1.82) is 0 Å². The Morgan fingerprint density at radius 2 is 1.60 bits per heavy atom. The van der Waals surface area contributed by atoms with Crippen molar-refractivity contribution in [2.75, 3.05) is 0 Å². The van der Waals surface area contributed by atoms with Crippen molar-refractivity contribution in [2.24, 2.45) is 0 Å². The Morgan fingerprint density at radius 3 is 1.60 bits per heavy atom. The van der Waals surface area contributed by atoms with Crippen molar-refractivity contribution in [3.63, 3.8) is 0 Å². The minimum atomic E-state index is 0. The summed E-state index contributed by atoms with van der Waals surface area (Å²) in [5, 5.41) is 0. The third-order valence-corrected chi connectivity index (χ3v) is 1.03. The SMILES string of the molecule is C1=CP=C1.[Li]. The molecule has 0 saturated heterocycles. The first-order valence-corrected chi connectivity index (χ1v) is 2.22. The summed E-state index contributed by atoms with van der Waals surface area (Å²) in [4.78, 5) is 0. The first-order chi connectivity index (χ1) is 2.00. The Hall–Kier alpha value is 0.507. The van der Waals surface area contributed by atoms with Gasteiger partial charge in [-0.05, 0) is 11.6 Å². The van der Waals surface area contributed by atoms with E-state index in [-0.39, 0.29) is 18.9 Å². The normalized spacial score (nSPS) is 16.0. The predicted molar refractivity (Wildman–Crippen MR) is 27.9 cm³/mol. The molecule has 1 heterocycles. The fraction of sp³-hybridized carbons (Fsp3) is 0. The maximum Gasteiger partial charge on any atom is 0 e. The molecular formula is C3H3LiP. The van der Waals surface area contributed by atoms with Crippen LogP contribution in [0.2, 0.25) is 0 Å². The first kappa shape index (κ1) is 5.51. The van der Waals surface area contributed by atoms with Gasteiger partial charge in [-0.3, -0.25) is 0 Å². The molecule has 0 amide bonds. The molecule has 0 saturated carbocycles. The largest absolute Gasteiger partial charge is 0.0765 e. The Morgan fingerprint density at radius 1 is 1.40 bits per heavy atom. The number of hydrogen-bond donors (Lipinski definition) is 0. The average Bonchev–Trinajstić information content (AvgIpc) is 0.722. The molecule has 0 aromatic heterocycles. The van der Waals surface area contributed by atoms with E-state index in [0.29, 0.717) is 0 Å². The van der Waals surface area contributed by atoms with Gasteiger partial charge in [0.05, 0.1) is 0 Å². The van der Waals surface area contributed by atoms with Crippen molar-refractivity contribution in [2.45, 2.75) is 0 Å². The van der Waals surface area contributed by atoms with Gasteiger partial charge in [0.1, 0.15) is 0 Å². The summed E-state index contributed by atoms with van der Waals surface area (Å²) >= 11 is 0. The molecular weight excluding hydrogens is 73.9 g/mol. The number of hydrogen-bond acceptors (Lipinski definition) is 0. The van der Waals surface area contributed by atoms with Crippen LogP contribution in [-0.4, -0.2) is 24.7 Å². The van der Waals surface area contributed by atoms with Crippen LogP contribution in [0.3, 0.4) is 0 Å². The van der Waals surface area contributed by atoms with Crippen LogP contribution in [0.4, 0.5) is 0 Å². The second-order valence-corrected chi connectivity index (χ2v) is 1.53. The quantitative estimate of drug-likeness (QED) is 0.297. The van der Waals surface area contributed by atoms with E-state index in [2.05, 4.69) is 11.6 Å². The topological polar surface area (TPSA) is 0 Å². The van der Waals surface area contributed by atoms with E-state index >= 15 is 0 Å². The van der Waals surface area contributed by atoms with E-state index in [0.717, 1.165) is 0 Å². The molecule has 5 heavy (non-hydrogen) atoms. The Kier molecular flexibility index (Phi) is 3.01. The predicted octanol–water partition coefficient (Wildman–Crippen LogP) is 0.881. The fourth-order valence-electron chi connectivity index (χ4n) is 0.0861. The van der Waals surface area contributed by atoms with Crippen molar-refractivity contribution in [3.8, 4) is 0 Å². The third kappa shape index (κ3) is 1.39. The summed E-state index contributed by atoms with van der Waals surface area (Å²) in [5.74, 6) is 4.19. The summed E-state index contributed by atoms with van der Waals surface area (Å²) in [6, 6.07) is 0. The molecule has 0 aromatic carbocycles. The van der Waals surface area contributed by atoms with E-state index in [1.165, 1.54) is 8.20 Å². The average molecular weight is 77.0 g/mol. The maximum atomic E-state index is 2.10. The van der Waals surface area contributed by atoms with Crippen LogP contribution in [0.5, 0.6) is 0 Å². The molecule has 21 valence electrons. The minimum Gasteiger partial charge on any atom is -0.0765 e. The molecule has 1 radical (unpaired) electrons. The van der Waals surface area contributed by atoms with E-state index in [1.54, 1.807) is 0 Å². The van der Waals surface area contributed by atoms with Crippen molar-refractivity contribution in [3.05, 3.63) is 11.9 Å². The molecule has 0 aliphatic carbocycles. The molecule has 0 N–H and O–H groups in total. The summed E-state index contributed by atoms with van der Waals surface area (Å²) in [6.07, 6.45) is 2.04. The molecule has 0 atom stereocenters. The van der Waals surface area contributed by atoms with Crippen LogP contribution >= 0.6 is 8.20 Å². The molecule has 0 aromatic rings. The van der Waals surface area contributed by atoms with Gasteiger partial charge in [0, 0.05) is 18.9 Å². The van der Waals surface area contributed by atoms with Crippen LogP contribution in [0.1, 0.15) is 0 Å². The minimum absolute atomic E-state index is 0. The first-order valence-electron chi connectivity index (χ1n) is 1.18. The third-order valence-electron chi connectivity index (χ3n) is 0.344. The Balaban J connectivity index is 0.000000160. The standard InChI is InChI=1S/C3H3P.Li/c1-2-4-3-1;/h1-3H;. The molecule has 0 fully saturated rings. The summed E-state index contributed by atoms with van der Waals surface area (Å²) in [6.45, 7) is 0. The summed E-state index contributed by atoms with van der Waals surface area (Å²) in [7, 11) is 1.37. The van der Waals surface area contributed by atoms with E-state index in [1.807, 2.05) is 6.08 Å². The molecule has 0 bridgehead atoms. The van der Waals surface area contributed by atoms with Crippen molar-refractivity contribution >= 4 is 32.9 Å². The number of allylic oxidation sites excluding steroid dienone is 1. The zero-order valence-corrected chi connectivity index (χ0v) is 4.07. The molecule has 1 rings (SSSR count). The number of rotatable bonds is 0. The molecule has 2 heteroatoms. The van der Waals surface area contributed by atoms with Gasteiger partial charge in [0.15, 0.2) is 0 Å². The summed E-state index contributed by atoms with van der Waals surface area (Å²) in [5.41, 5.74) is 0. The second kappa shape index (κ2) is 2.73. The molecule has 0 unspecified atom stereocenters. The van der Waals surface area contributed by atoms with Gasteiger partial charge in [-0.1, -0.05) is 14.3 Å².